The highest BCUT2D eigenvalue weighted by Crippen LogP contribution is 2.54. The Labute approximate surface area is 180 Å². The molecule has 0 saturated carbocycles. The van der Waals surface area contributed by atoms with Crippen LogP contribution in [0, 0.1) is 17.7 Å². The predicted octanol–water partition coefficient (Wildman–Crippen LogP) is 5.24. The molecule has 0 amide bonds. The second-order valence-corrected chi connectivity index (χ2v) is 8.25. The second-order valence-electron chi connectivity index (χ2n) is 8.25. The lowest BCUT2D eigenvalue weighted by Crippen LogP contribution is -2.29. The summed E-state index contributed by atoms with van der Waals surface area (Å²) in [5.41, 5.74) is 0.234. The summed E-state index contributed by atoms with van der Waals surface area (Å²) in [6.07, 6.45) is -2.49. The number of ketones is 1. The summed E-state index contributed by atoms with van der Waals surface area (Å²) in [7, 11) is 0. The van der Waals surface area contributed by atoms with E-state index in [2.05, 4.69) is 4.98 Å². The molecule has 3 heterocycles. The Hall–Kier alpha value is -2.94. The number of pyridine rings is 1. The Morgan fingerprint density at radius 3 is 2.53 bits per heavy atom. The van der Waals surface area contributed by atoms with Gasteiger partial charge in [-0.2, -0.15) is 13.2 Å². The molecule has 4 atom stereocenters. The molecule has 2 aromatic rings. The van der Waals surface area contributed by atoms with Crippen molar-refractivity contribution in [1.29, 1.82) is 0 Å². The second kappa shape index (κ2) is 7.30. The Morgan fingerprint density at radius 1 is 1.19 bits per heavy atom. The number of halogens is 4. The third kappa shape index (κ3) is 3.18. The van der Waals surface area contributed by atoms with Crippen LogP contribution >= 0.6 is 0 Å². The number of aromatic nitrogens is 1. The van der Waals surface area contributed by atoms with Crippen molar-refractivity contribution < 1.29 is 36.9 Å². The molecule has 2 aliphatic heterocycles. The van der Waals surface area contributed by atoms with E-state index in [1.165, 1.54) is 12.1 Å². The number of rotatable bonds is 4. The number of Topliss-reactive ketones (excluding diaryl/α,β-unsaturated/α-hetero) is 1. The number of benzene rings is 1. The molecule has 3 aliphatic rings. The highest BCUT2D eigenvalue weighted by molar-refractivity contribution is 6.25. The van der Waals surface area contributed by atoms with Gasteiger partial charge < -0.3 is 14.6 Å². The normalized spacial score (nSPS) is 26.7. The summed E-state index contributed by atoms with van der Waals surface area (Å²) in [5.74, 6) is -2.75. The number of aryl methyl sites for hydroxylation is 1. The van der Waals surface area contributed by atoms with Gasteiger partial charge in [0.05, 0.1) is 35.2 Å². The average molecular weight is 449 g/mol. The number of allylic oxidation sites excluding steroid dienone is 1. The van der Waals surface area contributed by atoms with Crippen LogP contribution in [0.25, 0.3) is 5.57 Å². The Bertz CT molecular complexity index is 1140. The minimum absolute atomic E-state index is 0.00196. The lowest BCUT2D eigenvalue weighted by molar-refractivity contribution is -0.138. The highest BCUT2D eigenvalue weighted by Gasteiger charge is 2.59. The number of aliphatic hydroxyl groups is 1. The zero-order valence-electron chi connectivity index (χ0n) is 16.9. The quantitative estimate of drug-likeness (QED) is 0.647. The van der Waals surface area contributed by atoms with Crippen molar-refractivity contribution >= 4 is 11.4 Å². The van der Waals surface area contributed by atoms with Gasteiger partial charge in [-0.05, 0) is 48.6 Å². The van der Waals surface area contributed by atoms with Gasteiger partial charge in [-0.1, -0.05) is 13.0 Å². The fraction of sp³-hybridized carbons (Fsp3) is 0.391. The number of alkyl halides is 3. The maximum atomic E-state index is 14.2. The van der Waals surface area contributed by atoms with E-state index in [1.807, 2.05) is 6.92 Å². The molecule has 168 valence electrons. The number of ether oxygens (including phenoxy) is 2. The Morgan fingerprint density at radius 2 is 1.91 bits per heavy atom. The van der Waals surface area contributed by atoms with Gasteiger partial charge in [0.2, 0.25) is 0 Å². The molecule has 1 N–H and O–H groups in total. The summed E-state index contributed by atoms with van der Waals surface area (Å²) in [4.78, 5) is 16.6. The lowest BCUT2D eigenvalue weighted by Gasteiger charge is -2.19. The van der Waals surface area contributed by atoms with Crippen molar-refractivity contribution in [3.8, 4) is 11.6 Å². The van der Waals surface area contributed by atoms with Gasteiger partial charge in [-0.25, -0.2) is 9.37 Å². The molecule has 0 spiro atoms. The molecule has 2 bridgehead atoms. The van der Waals surface area contributed by atoms with Gasteiger partial charge >= 0.3 is 6.18 Å². The van der Waals surface area contributed by atoms with E-state index < -0.39 is 29.4 Å². The standard InChI is InChI=1S/C23H19F4NO4/c1-2-10-3-4-12(31-22-14(24)7-11(9-28-22)23(25,26)27)8-13(10)17-20(29)18-15-5-6-16(32-15)19(18)21(17)30/h3-4,7-9,15-16,18-19,29H,2,5-6H2,1H3/t15?,16?,18-,19+/m1/s1. The van der Waals surface area contributed by atoms with Crippen LogP contribution in [0.5, 0.6) is 11.6 Å². The number of aliphatic hydroxyl groups excluding tert-OH is 1. The zero-order valence-corrected chi connectivity index (χ0v) is 16.9. The third-order valence-corrected chi connectivity index (χ3v) is 6.48. The molecule has 2 saturated heterocycles. The summed E-state index contributed by atoms with van der Waals surface area (Å²) in [6.45, 7) is 1.89. The number of fused-ring (bicyclic) bond motifs is 5. The number of hydrogen-bond acceptors (Lipinski definition) is 5. The van der Waals surface area contributed by atoms with E-state index in [1.54, 1.807) is 6.07 Å². The number of carbonyl (C=O) groups is 1. The SMILES string of the molecule is CCc1ccc(Oc2ncc(C(F)(F)F)cc2F)cc1C1=C(O)[C@@H]2C3CCC(O3)[C@@H]2C1=O. The van der Waals surface area contributed by atoms with Gasteiger partial charge in [0, 0.05) is 6.20 Å². The average Bonchev–Trinajstić information content (AvgIpc) is 3.42. The van der Waals surface area contributed by atoms with Gasteiger partial charge in [0.15, 0.2) is 11.6 Å². The van der Waals surface area contributed by atoms with E-state index in [4.69, 9.17) is 9.47 Å². The molecule has 2 fully saturated rings. The van der Waals surface area contributed by atoms with E-state index in [-0.39, 0.29) is 41.0 Å². The van der Waals surface area contributed by atoms with Crippen LogP contribution in [-0.4, -0.2) is 28.1 Å². The zero-order chi connectivity index (χ0) is 22.8. The van der Waals surface area contributed by atoms with Crippen LogP contribution in [0.3, 0.4) is 0 Å². The minimum atomic E-state index is -4.73. The number of nitrogens with zero attached hydrogens (tertiary/aromatic N) is 1. The van der Waals surface area contributed by atoms with Crippen LogP contribution in [0.1, 0.15) is 36.5 Å². The Balaban J connectivity index is 1.50. The molecule has 5 rings (SSSR count). The van der Waals surface area contributed by atoms with Crippen molar-refractivity contribution in [2.75, 3.05) is 0 Å². The van der Waals surface area contributed by atoms with Gasteiger partial charge in [0.25, 0.3) is 5.88 Å². The monoisotopic (exact) mass is 449 g/mol. The molecular formula is C23H19F4NO4. The van der Waals surface area contributed by atoms with E-state index in [9.17, 15) is 27.5 Å². The molecule has 32 heavy (non-hydrogen) atoms. The first-order valence-electron chi connectivity index (χ1n) is 10.4. The number of carbonyl (C=O) groups excluding carboxylic acids is 1. The summed E-state index contributed by atoms with van der Waals surface area (Å²) < 4.78 is 63.6. The van der Waals surface area contributed by atoms with Crippen LogP contribution in [-0.2, 0) is 22.1 Å². The smallest absolute Gasteiger partial charge is 0.417 e. The third-order valence-electron chi connectivity index (χ3n) is 6.48. The first-order chi connectivity index (χ1) is 15.2. The molecule has 9 heteroatoms. The number of hydrogen-bond donors (Lipinski definition) is 1. The first kappa shape index (κ1) is 20.9. The molecule has 5 nitrogen and oxygen atoms in total. The van der Waals surface area contributed by atoms with Crippen molar-refractivity contribution in [3.05, 3.63) is 58.7 Å². The molecule has 1 aromatic carbocycles. The van der Waals surface area contributed by atoms with Crippen LogP contribution in [0.2, 0.25) is 0 Å². The largest absolute Gasteiger partial charge is 0.511 e. The fourth-order valence-electron chi connectivity index (χ4n) is 5.02. The first-order valence-corrected chi connectivity index (χ1v) is 10.4. The van der Waals surface area contributed by atoms with E-state index in [0.717, 1.165) is 18.4 Å². The maximum Gasteiger partial charge on any atom is 0.417 e. The molecule has 2 unspecified atom stereocenters. The summed E-state index contributed by atoms with van der Waals surface area (Å²) in [5, 5.41) is 10.9. The van der Waals surface area contributed by atoms with Crippen LogP contribution in [0.15, 0.2) is 36.2 Å². The Kier molecular flexibility index (Phi) is 4.77. The molecular weight excluding hydrogens is 430 g/mol. The van der Waals surface area contributed by atoms with Crippen LogP contribution < -0.4 is 4.74 Å². The van der Waals surface area contributed by atoms with Crippen LogP contribution in [0.4, 0.5) is 17.6 Å². The van der Waals surface area contributed by atoms with Crippen molar-refractivity contribution in [2.24, 2.45) is 11.8 Å². The van der Waals surface area contributed by atoms with E-state index in [0.29, 0.717) is 24.2 Å². The van der Waals surface area contributed by atoms with E-state index >= 15 is 0 Å². The van der Waals surface area contributed by atoms with Gasteiger partial charge in [-0.3, -0.25) is 4.79 Å². The highest BCUT2D eigenvalue weighted by atomic mass is 19.4. The van der Waals surface area contributed by atoms with Gasteiger partial charge in [0.1, 0.15) is 11.5 Å². The minimum Gasteiger partial charge on any atom is -0.511 e. The molecule has 0 radical (unpaired) electrons. The molecule has 1 aliphatic carbocycles. The van der Waals surface area contributed by atoms with Crippen molar-refractivity contribution in [3.63, 3.8) is 0 Å². The fourth-order valence-corrected chi connectivity index (χ4v) is 5.02. The lowest BCUT2D eigenvalue weighted by atomic mass is 9.80. The topological polar surface area (TPSA) is 68.7 Å². The van der Waals surface area contributed by atoms with Crippen molar-refractivity contribution in [2.45, 2.75) is 44.6 Å². The van der Waals surface area contributed by atoms with Gasteiger partial charge in [-0.15, -0.1) is 0 Å². The summed E-state index contributed by atoms with van der Waals surface area (Å²) >= 11 is 0. The maximum absolute atomic E-state index is 14.2. The summed E-state index contributed by atoms with van der Waals surface area (Å²) in [6, 6.07) is 5.01. The molecule has 1 aromatic heterocycles. The predicted molar refractivity (Wildman–Crippen MR) is 105 cm³/mol. The van der Waals surface area contributed by atoms with Crippen molar-refractivity contribution in [1.82, 2.24) is 4.98 Å².